The summed E-state index contributed by atoms with van der Waals surface area (Å²) in [5, 5.41) is 18.2. The fraction of sp³-hybridized carbons (Fsp3) is 0.500. The molecule has 0 saturated carbocycles. The predicted octanol–water partition coefficient (Wildman–Crippen LogP) is 0.788. The molecule has 3 nitrogen and oxygen atoms in total. The number of aliphatic hydroxyl groups excluding tert-OH is 1. The smallest absolute Gasteiger partial charge is 0.142 e. The van der Waals surface area contributed by atoms with E-state index < -0.39 is 5.60 Å². The van der Waals surface area contributed by atoms with Crippen molar-refractivity contribution in [3.05, 3.63) is 23.7 Å². The normalized spacial score (nSPS) is 16.4. The van der Waals surface area contributed by atoms with Gasteiger partial charge in [-0.15, -0.1) is 0 Å². The lowest BCUT2D eigenvalue weighted by Gasteiger charge is -2.16. The van der Waals surface area contributed by atoms with E-state index in [1.165, 1.54) is 6.92 Å². The molecule has 0 aliphatic heterocycles. The number of furan rings is 1. The van der Waals surface area contributed by atoms with Crippen LogP contribution in [0.4, 0.5) is 0 Å². The first-order chi connectivity index (χ1) is 5.06. The summed E-state index contributed by atoms with van der Waals surface area (Å²) in [6.45, 7) is 2.96. The summed E-state index contributed by atoms with van der Waals surface area (Å²) in [6, 6.07) is 3.41. The molecule has 11 heavy (non-hydrogen) atoms. The number of hydrogen-bond acceptors (Lipinski definition) is 3. The molecule has 2 N–H and O–H groups in total. The van der Waals surface area contributed by atoms with Gasteiger partial charge < -0.3 is 14.6 Å². The van der Waals surface area contributed by atoms with Crippen LogP contribution in [0.15, 0.2) is 16.5 Å². The first kappa shape index (κ1) is 8.30. The number of aryl methyl sites for hydroxylation is 1. The van der Waals surface area contributed by atoms with Gasteiger partial charge in [0.05, 0.1) is 6.61 Å². The lowest BCUT2D eigenvalue weighted by molar-refractivity contribution is -0.0200. The van der Waals surface area contributed by atoms with E-state index in [2.05, 4.69) is 0 Å². The van der Waals surface area contributed by atoms with E-state index in [1.54, 1.807) is 19.1 Å². The SMILES string of the molecule is Cc1ccc(C(C)(O)CO)o1. The molecule has 3 heteroatoms. The van der Waals surface area contributed by atoms with Gasteiger partial charge in [0, 0.05) is 0 Å². The zero-order chi connectivity index (χ0) is 8.48. The molecule has 0 spiro atoms. The van der Waals surface area contributed by atoms with E-state index in [0.717, 1.165) is 5.76 Å². The molecule has 0 fully saturated rings. The first-order valence-electron chi connectivity index (χ1n) is 3.46. The highest BCUT2D eigenvalue weighted by Gasteiger charge is 2.25. The first-order valence-corrected chi connectivity index (χ1v) is 3.46. The summed E-state index contributed by atoms with van der Waals surface area (Å²) in [6.07, 6.45) is 0. The maximum atomic E-state index is 9.46. The van der Waals surface area contributed by atoms with Crippen LogP contribution >= 0.6 is 0 Å². The predicted molar refractivity (Wildman–Crippen MR) is 40.1 cm³/mol. The standard InChI is InChI=1S/C8H12O3/c1-6-3-4-7(11-6)8(2,10)5-9/h3-4,9-10H,5H2,1-2H3. The van der Waals surface area contributed by atoms with E-state index in [0.29, 0.717) is 5.76 Å². The van der Waals surface area contributed by atoms with Crippen LogP contribution in [0, 0.1) is 6.92 Å². The van der Waals surface area contributed by atoms with Crippen LogP contribution in [0.5, 0.6) is 0 Å². The lowest BCUT2D eigenvalue weighted by Crippen LogP contribution is -2.24. The molecule has 1 aromatic heterocycles. The highest BCUT2D eigenvalue weighted by atomic mass is 16.4. The van der Waals surface area contributed by atoms with Gasteiger partial charge in [0.15, 0.2) is 0 Å². The molecule has 0 amide bonds. The zero-order valence-electron chi connectivity index (χ0n) is 6.66. The summed E-state index contributed by atoms with van der Waals surface area (Å²) < 4.78 is 5.13. The Kier molecular flexibility index (Phi) is 2.02. The lowest BCUT2D eigenvalue weighted by atomic mass is 10.1. The average molecular weight is 156 g/mol. The van der Waals surface area contributed by atoms with Crippen molar-refractivity contribution in [2.45, 2.75) is 19.4 Å². The average Bonchev–Trinajstić information content (AvgIpc) is 2.36. The van der Waals surface area contributed by atoms with Gasteiger partial charge in [0.2, 0.25) is 0 Å². The van der Waals surface area contributed by atoms with Crippen molar-refractivity contribution >= 4 is 0 Å². The van der Waals surface area contributed by atoms with Crippen LogP contribution in [0.3, 0.4) is 0 Å². The Morgan fingerprint density at radius 3 is 2.55 bits per heavy atom. The largest absolute Gasteiger partial charge is 0.463 e. The topological polar surface area (TPSA) is 53.6 Å². The number of rotatable bonds is 2. The maximum Gasteiger partial charge on any atom is 0.142 e. The van der Waals surface area contributed by atoms with E-state index in [9.17, 15) is 5.11 Å². The maximum absolute atomic E-state index is 9.46. The van der Waals surface area contributed by atoms with Crippen LogP contribution < -0.4 is 0 Å². The monoisotopic (exact) mass is 156 g/mol. The third kappa shape index (κ3) is 1.61. The Morgan fingerprint density at radius 2 is 2.18 bits per heavy atom. The Bertz CT molecular complexity index is 237. The molecule has 0 aromatic carbocycles. The second-order valence-corrected chi connectivity index (χ2v) is 2.84. The van der Waals surface area contributed by atoms with Gasteiger partial charge in [-0.05, 0) is 26.0 Å². The molecule has 1 aromatic rings. The van der Waals surface area contributed by atoms with Gasteiger partial charge in [0.25, 0.3) is 0 Å². The molecule has 1 unspecified atom stereocenters. The molecule has 62 valence electrons. The Morgan fingerprint density at radius 1 is 1.55 bits per heavy atom. The molecule has 0 bridgehead atoms. The Balaban J connectivity index is 2.92. The van der Waals surface area contributed by atoms with E-state index in [1.807, 2.05) is 0 Å². The van der Waals surface area contributed by atoms with Crippen molar-refractivity contribution < 1.29 is 14.6 Å². The second-order valence-electron chi connectivity index (χ2n) is 2.84. The van der Waals surface area contributed by atoms with Gasteiger partial charge in [-0.25, -0.2) is 0 Å². The van der Waals surface area contributed by atoms with Gasteiger partial charge in [0.1, 0.15) is 17.1 Å². The van der Waals surface area contributed by atoms with Gasteiger partial charge in [-0.3, -0.25) is 0 Å². The fourth-order valence-electron chi connectivity index (χ4n) is 0.802. The summed E-state index contributed by atoms with van der Waals surface area (Å²) in [7, 11) is 0. The summed E-state index contributed by atoms with van der Waals surface area (Å²) in [5.41, 5.74) is -1.26. The third-order valence-electron chi connectivity index (χ3n) is 1.58. The quantitative estimate of drug-likeness (QED) is 0.665. The van der Waals surface area contributed by atoms with Crippen molar-refractivity contribution in [3.63, 3.8) is 0 Å². The Hall–Kier alpha value is -0.800. The van der Waals surface area contributed by atoms with Crippen molar-refractivity contribution in [1.82, 2.24) is 0 Å². The fourth-order valence-corrected chi connectivity index (χ4v) is 0.802. The van der Waals surface area contributed by atoms with E-state index >= 15 is 0 Å². The zero-order valence-corrected chi connectivity index (χ0v) is 6.66. The van der Waals surface area contributed by atoms with Crippen LogP contribution in [0.1, 0.15) is 18.4 Å². The third-order valence-corrected chi connectivity index (χ3v) is 1.58. The molecule has 1 rings (SSSR count). The minimum absolute atomic E-state index is 0.333. The van der Waals surface area contributed by atoms with Crippen molar-refractivity contribution in [2.75, 3.05) is 6.61 Å². The number of aliphatic hydroxyl groups is 2. The summed E-state index contributed by atoms with van der Waals surface area (Å²) >= 11 is 0. The molecule has 1 heterocycles. The van der Waals surface area contributed by atoms with Crippen molar-refractivity contribution in [3.8, 4) is 0 Å². The van der Waals surface area contributed by atoms with Crippen LogP contribution in [0.2, 0.25) is 0 Å². The summed E-state index contributed by atoms with van der Waals surface area (Å²) in [5.74, 6) is 1.13. The minimum atomic E-state index is -1.26. The molecule has 0 aliphatic rings. The van der Waals surface area contributed by atoms with Gasteiger partial charge >= 0.3 is 0 Å². The van der Waals surface area contributed by atoms with Gasteiger partial charge in [-0.1, -0.05) is 0 Å². The molecule has 0 aliphatic carbocycles. The van der Waals surface area contributed by atoms with Crippen LogP contribution in [0.25, 0.3) is 0 Å². The van der Waals surface area contributed by atoms with Crippen LogP contribution in [-0.2, 0) is 5.60 Å². The molecule has 0 radical (unpaired) electrons. The molecular weight excluding hydrogens is 144 g/mol. The Labute approximate surface area is 65.3 Å². The highest BCUT2D eigenvalue weighted by Crippen LogP contribution is 2.21. The van der Waals surface area contributed by atoms with Crippen LogP contribution in [-0.4, -0.2) is 16.8 Å². The molecule has 1 atom stereocenters. The number of hydrogen-bond donors (Lipinski definition) is 2. The molecular formula is C8H12O3. The highest BCUT2D eigenvalue weighted by molar-refractivity contribution is 5.12. The van der Waals surface area contributed by atoms with E-state index in [4.69, 9.17) is 9.52 Å². The minimum Gasteiger partial charge on any atom is -0.463 e. The van der Waals surface area contributed by atoms with E-state index in [-0.39, 0.29) is 6.61 Å². The van der Waals surface area contributed by atoms with Crippen molar-refractivity contribution in [1.29, 1.82) is 0 Å². The molecule has 0 saturated heterocycles. The van der Waals surface area contributed by atoms with Crippen molar-refractivity contribution in [2.24, 2.45) is 0 Å². The van der Waals surface area contributed by atoms with Gasteiger partial charge in [-0.2, -0.15) is 0 Å². The second kappa shape index (κ2) is 2.68. The summed E-state index contributed by atoms with van der Waals surface area (Å²) in [4.78, 5) is 0.